The molecule has 0 spiro atoms. The fraction of sp³-hybridized carbons (Fsp3) is 0.375. The van der Waals surface area contributed by atoms with E-state index < -0.39 is 6.03 Å². The van der Waals surface area contributed by atoms with Gasteiger partial charge in [0.15, 0.2) is 0 Å². The van der Waals surface area contributed by atoms with E-state index in [9.17, 15) is 4.79 Å². The number of aromatic nitrogens is 2. The SMILES string of the molecule is NC(=O)N(Cc1ccccc1)c1cc(C2CCCC2)n[nH]1. The van der Waals surface area contributed by atoms with Crippen LogP contribution in [0.5, 0.6) is 0 Å². The van der Waals surface area contributed by atoms with E-state index in [2.05, 4.69) is 10.2 Å². The average molecular weight is 284 g/mol. The van der Waals surface area contributed by atoms with E-state index in [1.54, 1.807) is 0 Å². The van der Waals surface area contributed by atoms with Gasteiger partial charge in [0.1, 0.15) is 5.82 Å². The lowest BCUT2D eigenvalue weighted by Gasteiger charge is -2.18. The van der Waals surface area contributed by atoms with Crippen LogP contribution in [0.2, 0.25) is 0 Å². The van der Waals surface area contributed by atoms with Gasteiger partial charge < -0.3 is 5.73 Å². The third-order valence-corrected chi connectivity index (χ3v) is 4.10. The van der Waals surface area contributed by atoms with Crippen LogP contribution in [0.1, 0.15) is 42.9 Å². The van der Waals surface area contributed by atoms with Crippen molar-refractivity contribution in [3.63, 3.8) is 0 Å². The lowest BCUT2D eigenvalue weighted by molar-refractivity contribution is 0.253. The van der Waals surface area contributed by atoms with Crippen molar-refractivity contribution in [2.45, 2.75) is 38.1 Å². The zero-order valence-electron chi connectivity index (χ0n) is 12.0. The molecule has 5 heteroatoms. The van der Waals surface area contributed by atoms with Gasteiger partial charge in [-0.25, -0.2) is 4.79 Å². The van der Waals surface area contributed by atoms with E-state index in [0.29, 0.717) is 18.3 Å². The molecule has 1 aliphatic rings. The van der Waals surface area contributed by atoms with Crippen LogP contribution in [-0.2, 0) is 6.54 Å². The summed E-state index contributed by atoms with van der Waals surface area (Å²) in [5, 5.41) is 7.33. The van der Waals surface area contributed by atoms with Crippen molar-refractivity contribution in [1.29, 1.82) is 0 Å². The number of nitrogens with one attached hydrogen (secondary N) is 1. The summed E-state index contributed by atoms with van der Waals surface area (Å²) in [7, 11) is 0. The predicted octanol–water partition coefficient (Wildman–Crippen LogP) is 3.15. The van der Waals surface area contributed by atoms with Gasteiger partial charge in [-0.2, -0.15) is 5.10 Å². The van der Waals surface area contributed by atoms with Crippen molar-refractivity contribution in [3.05, 3.63) is 47.7 Å². The highest BCUT2D eigenvalue weighted by Crippen LogP contribution is 2.34. The summed E-state index contributed by atoms with van der Waals surface area (Å²) in [4.78, 5) is 13.3. The number of primary amides is 1. The highest BCUT2D eigenvalue weighted by atomic mass is 16.2. The molecule has 110 valence electrons. The second kappa shape index (κ2) is 5.99. The molecule has 21 heavy (non-hydrogen) atoms. The first-order valence-electron chi connectivity index (χ1n) is 7.40. The maximum absolute atomic E-state index is 11.7. The Morgan fingerprint density at radius 3 is 2.67 bits per heavy atom. The van der Waals surface area contributed by atoms with Crippen molar-refractivity contribution >= 4 is 11.8 Å². The zero-order chi connectivity index (χ0) is 14.7. The zero-order valence-corrected chi connectivity index (χ0v) is 12.0. The smallest absolute Gasteiger partial charge is 0.320 e. The number of nitrogens with zero attached hydrogens (tertiary/aromatic N) is 2. The van der Waals surface area contributed by atoms with Gasteiger partial charge >= 0.3 is 6.03 Å². The van der Waals surface area contributed by atoms with Gasteiger partial charge in [0, 0.05) is 12.0 Å². The maximum atomic E-state index is 11.7. The van der Waals surface area contributed by atoms with Crippen molar-refractivity contribution in [3.8, 4) is 0 Å². The molecule has 1 saturated carbocycles. The van der Waals surface area contributed by atoms with Crippen molar-refractivity contribution in [2.75, 3.05) is 4.90 Å². The number of anilines is 1. The number of amides is 2. The van der Waals surface area contributed by atoms with Crippen LogP contribution in [0, 0.1) is 0 Å². The molecule has 1 aliphatic carbocycles. The van der Waals surface area contributed by atoms with E-state index in [0.717, 1.165) is 11.3 Å². The van der Waals surface area contributed by atoms with Gasteiger partial charge in [0.25, 0.3) is 0 Å². The molecule has 3 rings (SSSR count). The highest BCUT2D eigenvalue weighted by Gasteiger charge is 2.22. The Bertz CT molecular complexity index is 602. The van der Waals surface area contributed by atoms with Gasteiger partial charge in [-0.15, -0.1) is 0 Å². The molecular formula is C16H20N4O. The number of aromatic amines is 1. The first-order valence-corrected chi connectivity index (χ1v) is 7.40. The van der Waals surface area contributed by atoms with Crippen LogP contribution < -0.4 is 10.6 Å². The Balaban J connectivity index is 1.79. The number of benzene rings is 1. The van der Waals surface area contributed by atoms with Gasteiger partial charge in [0.2, 0.25) is 0 Å². The van der Waals surface area contributed by atoms with E-state index >= 15 is 0 Å². The summed E-state index contributed by atoms with van der Waals surface area (Å²) in [6, 6.07) is 11.3. The third kappa shape index (κ3) is 3.07. The number of nitrogens with two attached hydrogens (primary N) is 1. The number of H-pyrrole nitrogens is 1. The molecule has 0 bridgehead atoms. The van der Waals surface area contributed by atoms with Crippen LogP contribution in [0.3, 0.4) is 0 Å². The average Bonchev–Trinajstić information content (AvgIpc) is 3.16. The minimum absolute atomic E-state index is 0.447. The fourth-order valence-electron chi connectivity index (χ4n) is 2.94. The number of hydrogen-bond acceptors (Lipinski definition) is 2. The second-order valence-corrected chi connectivity index (χ2v) is 5.57. The lowest BCUT2D eigenvalue weighted by atomic mass is 10.0. The second-order valence-electron chi connectivity index (χ2n) is 5.57. The normalized spacial score (nSPS) is 15.2. The Morgan fingerprint density at radius 1 is 1.29 bits per heavy atom. The Hall–Kier alpha value is -2.30. The first-order chi connectivity index (χ1) is 10.2. The predicted molar refractivity (Wildman–Crippen MR) is 82.0 cm³/mol. The molecule has 3 N–H and O–H groups in total. The van der Waals surface area contributed by atoms with Crippen LogP contribution in [0.25, 0.3) is 0 Å². The molecule has 0 atom stereocenters. The molecule has 1 aromatic heterocycles. The summed E-state index contributed by atoms with van der Waals surface area (Å²) < 4.78 is 0. The molecule has 2 aromatic rings. The van der Waals surface area contributed by atoms with E-state index in [1.807, 2.05) is 36.4 Å². The number of rotatable bonds is 4. The minimum Gasteiger partial charge on any atom is -0.351 e. The number of carbonyl (C=O) groups excluding carboxylic acids is 1. The van der Waals surface area contributed by atoms with Crippen molar-refractivity contribution in [1.82, 2.24) is 10.2 Å². The summed E-state index contributed by atoms with van der Waals surface area (Å²) in [5.41, 5.74) is 7.60. The van der Waals surface area contributed by atoms with Gasteiger partial charge in [-0.3, -0.25) is 10.00 Å². The summed E-state index contributed by atoms with van der Waals surface area (Å²) in [6.45, 7) is 0.447. The molecule has 1 fully saturated rings. The molecule has 0 radical (unpaired) electrons. The molecular weight excluding hydrogens is 264 g/mol. The van der Waals surface area contributed by atoms with Crippen LogP contribution >= 0.6 is 0 Å². The van der Waals surface area contributed by atoms with Crippen LogP contribution in [0.15, 0.2) is 36.4 Å². The van der Waals surface area contributed by atoms with Gasteiger partial charge in [-0.1, -0.05) is 43.2 Å². The number of urea groups is 1. The number of carbonyl (C=O) groups is 1. The van der Waals surface area contributed by atoms with E-state index in [4.69, 9.17) is 5.73 Å². The molecule has 0 saturated heterocycles. The largest absolute Gasteiger partial charge is 0.351 e. The topological polar surface area (TPSA) is 75.0 Å². The quantitative estimate of drug-likeness (QED) is 0.905. The summed E-state index contributed by atoms with van der Waals surface area (Å²) in [6.07, 6.45) is 4.88. The Morgan fingerprint density at radius 2 is 2.00 bits per heavy atom. The molecule has 0 unspecified atom stereocenters. The first kappa shape index (κ1) is 13.7. The lowest BCUT2D eigenvalue weighted by Crippen LogP contribution is -2.35. The van der Waals surface area contributed by atoms with Gasteiger partial charge in [-0.05, 0) is 18.4 Å². The monoisotopic (exact) mass is 284 g/mol. The third-order valence-electron chi connectivity index (χ3n) is 4.10. The van der Waals surface area contributed by atoms with E-state index in [-0.39, 0.29) is 0 Å². The Labute approximate surface area is 124 Å². The maximum Gasteiger partial charge on any atom is 0.320 e. The molecule has 2 amide bonds. The standard InChI is InChI=1S/C16H20N4O/c17-16(21)20(11-12-6-2-1-3-7-12)15-10-14(18-19-15)13-8-4-5-9-13/h1-3,6-7,10,13H,4-5,8-9,11H2,(H2,17,21)(H,18,19). The van der Waals surface area contributed by atoms with Gasteiger partial charge in [0.05, 0.1) is 12.2 Å². The van der Waals surface area contributed by atoms with Crippen LogP contribution in [-0.4, -0.2) is 16.2 Å². The summed E-state index contributed by atoms with van der Waals surface area (Å²) >= 11 is 0. The van der Waals surface area contributed by atoms with E-state index in [1.165, 1.54) is 30.6 Å². The minimum atomic E-state index is -0.472. The summed E-state index contributed by atoms with van der Waals surface area (Å²) in [5.74, 6) is 1.19. The van der Waals surface area contributed by atoms with Crippen LogP contribution in [0.4, 0.5) is 10.6 Å². The van der Waals surface area contributed by atoms with Crippen molar-refractivity contribution in [2.24, 2.45) is 5.73 Å². The Kier molecular flexibility index (Phi) is 3.90. The molecule has 1 heterocycles. The molecule has 1 aromatic carbocycles. The number of hydrogen-bond donors (Lipinski definition) is 2. The molecule has 5 nitrogen and oxygen atoms in total. The van der Waals surface area contributed by atoms with Crippen molar-refractivity contribution < 1.29 is 4.79 Å². The highest BCUT2D eigenvalue weighted by molar-refractivity contribution is 5.89. The fourth-order valence-corrected chi connectivity index (χ4v) is 2.94. The molecule has 0 aliphatic heterocycles.